The van der Waals surface area contributed by atoms with Gasteiger partial charge in [-0.05, 0) is 65.8 Å². The molecule has 1 unspecified atom stereocenters. The molecule has 116 valence electrons. The van der Waals surface area contributed by atoms with Gasteiger partial charge in [0.05, 0.1) is 7.05 Å². The second kappa shape index (κ2) is 7.74. The summed E-state index contributed by atoms with van der Waals surface area (Å²) < 4.78 is 1.18. The number of hydrogen-bond donors (Lipinski definition) is 2. The lowest BCUT2D eigenvalue weighted by molar-refractivity contribution is -0.885. The van der Waals surface area contributed by atoms with E-state index in [1.165, 1.54) is 19.6 Å². The van der Waals surface area contributed by atoms with Gasteiger partial charge in [-0.2, -0.15) is 0 Å². The molecule has 1 atom stereocenters. The molecule has 0 fully saturated rings. The van der Waals surface area contributed by atoms with Crippen LogP contribution in [0.25, 0.3) is 0 Å². The van der Waals surface area contributed by atoms with Crippen LogP contribution in [0.4, 0.5) is 5.69 Å². The van der Waals surface area contributed by atoms with Crippen LogP contribution in [0.2, 0.25) is 0 Å². The Morgan fingerprint density at radius 1 is 1.14 bits per heavy atom. The van der Waals surface area contributed by atoms with E-state index in [0.29, 0.717) is 6.54 Å². The molecular weight excluding hydrogens is 387 g/mol. The lowest BCUT2D eigenvalue weighted by Crippen LogP contribution is -3.08. The van der Waals surface area contributed by atoms with Crippen LogP contribution in [0.5, 0.6) is 0 Å². The van der Waals surface area contributed by atoms with Crippen LogP contribution in [-0.2, 0) is 11.3 Å². The maximum absolute atomic E-state index is 12.2. The van der Waals surface area contributed by atoms with Crippen molar-refractivity contribution in [1.82, 2.24) is 0 Å². The minimum atomic E-state index is 0.0513. The zero-order chi connectivity index (χ0) is 16.1. The van der Waals surface area contributed by atoms with Crippen molar-refractivity contribution in [2.45, 2.75) is 20.4 Å². The highest BCUT2D eigenvalue weighted by Gasteiger charge is 2.12. The molecule has 2 rings (SSSR count). The van der Waals surface area contributed by atoms with Crippen molar-refractivity contribution in [3.8, 4) is 0 Å². The Kier molecular flexibility index (Phi) is 5.97. The second-order valence-electron chi connectivity index (χ2n) is 5.74. The highest BCUT2D eigenvalue weighted by molar-refractivity contribution is 14.1. The maximum atomic E-state index is 12.2. The van der Waals surface area contributed by atoms with Gasteiger partial charge in [0.1, 0.15) is 6.54 Å². The molecule has 0 heterocycles. The number of anilines is 1. The molecule has 4 heteroatoms. The molecule has 3 nitrogen and oxygen atoms in total. The maximum Gasteiger partial charge on any atom is 0.279 e. The molecule has 0 aliphatic rings. The molecule has 0 saturated heterocycles. The van der Waals surface area contributed by atoms with Gasteiger partial charge in [0.25, 0.3) is 5.91 Å². The number of likely N-dealkylation sites (N-methyl/N-ethyl adjacent to an activating group) is 1. The first-order valence-electron chi connectivity index (χ1n) is 7.37. The Balaban J connectivity index is 1.93. The summed E-state index contributed by atoms with van der Waals surface area (Å²) in [5.41, 5.74) is 4.56. The Bertz CT molecular complexity index is 670. The fourth-order valence-corrected chi connectivity index (χ4v) is 3.08. The van der Waals surface area contributed by atoms with E-state index in [9.17, 15) is 4.79 Å². The first-order valence-corrected chi connectivity index (χ1v) is 8.45. The molecule has 0 aliphatic heterocycles. The molecule has 2 N–H and O–H groups in total. The lowest BCUT2D eigenvalue weighted by Gasteiger charge is -2.16. The quantitative estimate of drug-likeness (QED) is 0.732. The van der Waals surface area contributed by atoms with Gasteiger partial charge in [-0.25, -0.2) is 0 Å². The van der Waals surface area contributed by atoms with Gasteiger partial charge in [0, 0.05) is 14.8 Å². The van der Waals surface area contributed by atoms with Gasteiger partial charge in [-0.3, -0.25) is 4.79 Å². The van der Waals surface area contributed by atoms with Crippen LogP contribution in [0.1, 0.15) is 16.7 Å². The highest BCUT2D eigenvalue weighted by atomic mass is 127. The Morgan fingerprint density at radius 2 is 1.86 bits per heavy atom. The molecule has 22 heavy (non-hydrogen) atoms. The number of nitrogens with one attached hydrogen (secondary N) is 2. The van der Waals surface area contributed by atoms with Crippen LogP contribution in [0, 0.1) is 17.4 Å². The van der Waals surface area contributed by atoms with Gasteiger partial charge in [-0.15, -0.1) is 0 Å². The minimum absolute atomic E-state index is 0.0513. The zero-order valence-corrected chi connectivity index (χ0v) is 15.4. The highest BCUT2D eigenvalue weighted by Crippen LogP contribution is 2.17. The van der Waals surface area contributed by atoms with E-state index in [4.69, 9.17) is 0 Å². The predicted molar refractivity (Wildman–Crippen MR) is 99.2 cm³/mol. The fraction of sp³-hybridized carbons (Fsp3) is 0.278. The monoisotopic (exact) mass is 409 g/mol. The van der Waals surface area contributed by atoms with Gasteiger partial charge in [0.2, 0.25) is 0 Å². The predicted octanol–water partition coefficient (Wildman–Crippen LogP) is 2.56. The van der Waals surface area contributed by atoms with Crippen LogP contribution in [-0.4, -0.2) is 19.5 Å². The van der Waals surface area contributed by atoms with Crippen molar-refractivity contribution in [2.24, 2.45) is 0 Å². The van der Waals surface area contributed by atoms with Crippen LogP contribution in [0.3, 0.4) is 0 Å². The molecular formula is C18H22IN2O+. The van der Waals surface area contributed by atoms with Crippen molar-refractivity contribution in [2.75, 3.05) is 18.9 Å². The summed E-state index contributed by atoms with van der Waals surface area (Å²) in [6.07, 6.45) is 0. The standard InChI is InChI=1S/C18H21IN2O/c1-13-6-4-5-7-15(13)11-21(3)12-18(22)20-17-9-8-16(19)10-14(17)2/h4-10H,11-12H2,1-3H3,(H,20,22)/p+1. The topological polar surface area (TPSA) is 33.5 Å². The van der Waals surface area contributed by atoms with E-state index >= 15 is 0 Å². The first kappa shape index (κ1) is 17.0. The Hall–Kier alpha value is -1.40. The summed E-state index contributed by atoms with van der Waals surface area (Å²) in [6.45, 7) is 5.44. The van der Waals surface area contributed by atoms with Gasteiger partial charge < -0.3 is 10.2 Å². The smallest absolute Gasteiger partial charge is 0.279 e. The summed E-state index contributed by atoms with van der Waals surface area (Å²) in [5.74, 6) is 0.0513. The SMILES string of the molecule is Cc1ccccc1C[NH+](C)CC(=O)Nc1ccc(I)cc1C. The molecule has 0 spiro atoms. The van der Waals surface area contributed by atoms with E-state index < -0.39 is 0 Å². The summed E-state index contributed by atoms with van der Waals surface area (Å²) in [4.78, 5) is 13.4. The van der Waals surface area contributed by atoms with Crippen molar-refractivity contribution in [1.29, 1.82) is 0 Å². The summed E-state index contributed by atoms with van der Waals surface area (Å²) in [6, 6.07) is 14.4. The number of quaternary nitrogens is 1. The number of rotatable bonds is 5. The number of amides is 1. The van der Waals surface area contributed by atoms with Gasteiger partial charge in [-0.1, -0.05) is 24.3 Å². The summed E-state index contributed by atoms with van der Waals surface area (Å²) >= 11 is 2.27. The molecule has 0 radical (unpaired) electrons. The van der Waals surface area contributed by atoms with E-state index in [0.717, 1.165) is 17.8 Å². The largest absolute Gasteiger partial charge is 0.326 e. The van der Waals surface area contributed by atoms with E-state index in [1.807, 2.05) is 38.2 Å². The third-order valence-corrected chi connectivity index (χ3v) is 4.35. The number of aryl methyl sites for hydroxylation is 2. The van der Waals surface area contributed by atoms with Crippen molar-refractivity contribution >= 4 is 34.2 Å². The number of hydrogen-bond acceptors (Lipinski definition) is 1. The molecule has 0 aromatic heterocycles. The average molecular weight is 409 g/mol. The van der Waals surface area contributed by atoms with Crippen molar-refractivity contribution in [3.63, 3.8) is 0 Å². The van der Waals surface area contributed by atoms with Crippen LogP contribution < -0.4 is 10.2 Å². The third-order valence-electron chi connectivity index (χ3n) is 3.68. The van der Waals surface area contributed by atoms with E-state index in [1.54, 1.807) is 0 Å². The zero-order valence-electron chi connectivity index (χ0n) is 13.2. The van der Waals surface area contributed by atoms with Crippen molar-refractivity contribution in [3.05, 3.63) is 62.7 Å². The van der Waals surface area contributed by atoms with Gasteiger partial charge in [0.15, 0.2) is 6.54 Å². The number of carbonyl (C=O) groups is 1. The summed E-state index contributed by atoms with van der Waals surface area (Å²) in [7, 11) is 2.05. The molecule has 0 saturated carbocycles. The Morgan fingerprint density at radius 3 is 2.55 bits per heavy atom. The first-order chi connectivity index (χ1) is 10.5. The fourth-order valence-electron chi connectivity index (χ4n) is 2.43. The molecule has 0 aliphatic carbocycles. The molecule has 2 aromatic rings. The normalized spacial score (nSPS) is 12.0. The van der Waals surface area contributed by atoms with Crippen LogP contribution >= 0.6 is 22.6 Å². The molecule has 0 bridgehead atoms. The molecule has 2 aromatic carbocycles. The average Bonchev–Trinajstić information content (AvgIpc) is 2.44. The van der Waals surface area contributed by atoms with E-state index in [-0.39, 0.29) is 5.91 Å². The molecule has 1 amide bonds. The van der Waals surface area contributed by atoms with Gasteiger partial charge >= 0.3 is 0 Å². The number of benzene rings is 2. The lowest BCUT2D eigenvalue weighted by atomic mass is 10.1. The minimum Gasteiger partial charge on any atom is -0.326 e. The van der Waals surface area contributed by atoms with Crippen molar-refractivity contribution < 1.29 is 9.69 Å². The Labute approximate surface area is 145 Å². The number of halogens is 1. The van der Waals surface area contributed by atoms with Crippen LogP contribution in [0.15, 0.2) is 42.5 Å². The number of carbonyl (C=O) groups excluding carboxylic acids is 1. The second-order valence-corrected chi connectivity index (χ2v) is 6.99. The van der Waals surface area contributed by atoms with E-state index in [2.05, 4.69) is 53.0 Å². The summed E-state index contributed by atoms with van der Waals surface area (Å²) in [5, 5.41) is 3.01. The third kappa shape index (κ3) is 4.81.